The van der Waals surface area contributed by atoms with E-state index in [4.69, 9.17) is 0 Å². The molecule has 8 nitrogen and oxygen atoms in total. The first-order valence-electron chi connectivity index (χ1n) is 8.14. The number of amides is 2. The predicted molar refractivity (Wildman–Crippen MR) is 98.0 cm³/mol. The molecule has 0 aromatic heterocycles. The van der Waals surface area contributed by atoms with Crippen molar-refractivity contribution in [3.05, 3.63) is 70.3 Å². The van der Waals surface area contributed by atoms with Gasteiger partial charge in [-0.25, -0.2) is 0 Å². The Labute approximate surface area is 150 Å². The van der Waals surface area contributed by atoms with Gasteiger partial charge in [0.05, 0.1) is 4.92 Å². The summed E-state index contributed by atoms with van der Waals surface area (Å²) in [5, 5.41) is 19.0. The first kappa shape index (κ1) is 18.9. The summed E-state index contributed by atoms with van der Waals surface area (Å²) in [5.41, 5.74) is 1.32. The maximum atomic E-state index is 11.8. The molecule has 2 aromatic carbocycles. The third kappa shape index (κ3) is 6.23. The molecule has 0 aliphatic carbocycles. The Kier molecular flexibility index (Phi) is 7.11. The van der Waals surface area contributed by atoms with Crippen LogP contribution in [0, 0.1) is 10.1 Å². The average Bonchev–Trinajstić information content (AvgIpc) is 2.66. The van der Waals surface area contributed by atoms with Crippen LogP contribution in [0.15, 0.2) is 54.6 Å². The topological polar surface area (TPSA) is 113 Å². The molecule has 0 unspecified atom stereocenters. The van der Waals surface area contributed by atoms with Crippen molar-refractivity contribution in [3.8, 4) is 0 Å². The van der Waals surface area contributed by atoms with Gasteiger partial charge in [-0.05, 0) is 24.3 Å². The number of carbonyl (C=O) groups excluding carboxylic acids is 2. The van der Waals surface area contributed by atoms with Crippen molar-refractivity contribution in [2.75, 3.05) is 25.0 Å². The molecule has 0 spiro atoms. The van der Waals surface area contributed by atoms with Crippen molar-refractivity contribution >= 4 is 23.2 Å². The molecule has 26 heavy (non-hydrogen) atoms. The summed E-state index contributed by atoms with van der Waals surface area (Å²) in [4.78, 5) is 33.7. The molecule has 0 aliphatic rings. The van der Waals surface area contributed by atoms with Gasteiger partial charge in [-0.3, -0.25) is 19.7 Å². The van der Waals surface area contributed by atoms with Gasteiger partial charge in [-0.1, -0.05) is 18.2 Å². The molecule has 0 saturated carbocycles. The fourth-order valence-electron chi connectivity index (χ4n) is 2.18. The number of rotatable bonds is 9. The van der Waals surface area contributed by atoms with Crippen molar-refractivity contribution in [3.63, 3.8) is 0 Å². The summed E-state index contributed by atoms with van der Waals surface area (Å²) in [5.74, 6) is -0.373. The third-order valence-electron chi connectivity index (χ3n) is 3.53. The van der Waals surface area contributed by atoms with E-state index in [1.807, 2.05) is 6.07 Å². The Morgan fingerprint density at radius 2 is 1.58 bits per heavy atom. The van der Waals surface area contributed by atoms with E-state index in [1.165, 1.54) is 12.1 Å². The summed E-state index contributed by atoms with van der Waals surface area (Å²) in [6.45, 7) is 1.15. The molecule has 3 N–H and O–H groups in total. The van der Waals surface area contributed by atoms with Crippen molar-refractivity contribution in [2.24, 2.45) is 0 Å². The molecule has 2 aromatic rings. The molecule has 0 aliphatic heterocycles. The Bertz CT molecular complexity index is 748. The lowest BCUT2D eigenvalue weighted by atomic mass is 10.2. The number of nitrogens with one attached hydrogen (secondary N) is 3. The van der Waals surface area contributed by atoms with Crippen LogP contribution in [0.25, 0.3) is 0 Å². The molecule has 8 heteroatoms. The summed E-state index contributed by atoms with van der Waals surface area (Å²) < 4.78 is 0. The second-order valence-corrected chi connectivity index (χ2v) is 5.45. The number of non-ortho nitro benzene ring substituents is 1. The lowest BCUT2D eigenvalue weighted by Gasteiger charge is -2.08. The van der Waals surface area contributed by atoms with Gasteiger partial charge in [0.25, 0.3) is 11.6 Å². The fourth-order valence-corrected chi connectivity index (χ4v) is 2.18. The molecule has 136 valence electrons. The molecule has 0 heterocycles. The molecule has 2 amide bonds. The number of anilines is 1. The molecular weight excluding hydrogens is 336 g/mol. The van der Waals surface area contributed by atoms with Crippen LogP contribution in [0.3, 0.4) is 0 Å². The predicted octanol–water partition coefficient (Wildman–Crippen LogP) is 1.94. The van der Waals surface area contributed by atoms with Gasteiger partial charge in [-0.2, -0.15) is 0 Å². The number of benzene rings is 2. The highest BCUT2D eigenvalue weighted by atomic mass is 16.6. The summed E-state index contributed by atoms with van der Waals surface area (Å²) in [6.07, 6.45) is 0.191. The van der Waals surface area contributed by atoms with Crippen molar-refractivity contribution < 1.29 is 14.5 Å². The monoisotopic (exact) mass is 356 g/mol. The lowest BCUT2D eigenvalue weighted by Crippen LogP contribution is -2.33. The first-order valence-corrected chi connectivity index (χ1v) is 8.14. The van der Waals surface area contributed by atoms with E-state index < -0.39 is 4.92 Å². The van der Waals surface area contributed by atoms with Crippen LogP contribution in [0.1, 0.15) is 16.8 Å². The Balaban J connectivity index is 1.59. The van der Waals surface area contributed by atoms with Crippen LogP contribution in [0.4, 0.5) is 11.4 Å². The molecule has 0 bridgehead atoms. The number of hydrogen-bond donors (Lipinski definition) is 3. The van der Waals surface area contributed by atoms with Gasteiger partial charge in [0.15, 0.2) is 0 Å². The van der Waals surface area contributed by atoms with Crippen molar-refractivity contribution in [1.82, 2.24) is 10.6 Å². The molecular formula is C18H20N4O4. The van der Waals surface area contributed by atoms with E-state index >= 15 is 0 Å². The van der Waals surface area contributed by atoms with Crippen LogP contribution >= 0.6 is 0 Å². The molecule has 0 atom stereocenters. The largest absolute Gasteiger partial charge is 0.383 e. The van der Waals surface area contributed by atoms with Crippen molar-refractivity contribution in [2.45, 2.75) is 6.42 Å². The molecule has 0 saturated heterocycles. The zero-order chi connectivity index (χ0) is 18.8. The van der Waals surface area contributed by atoms with Gasteiger partial charge in [0.2, 0.25) is 5.91 Å². The normalized spacial score (nSPS) is 10.0. The SMILES string of the molecule is O=C(CCNC(=O)c1ccccc1)NCCNc1ccc([N+](=O)[O-])cc1. The highest BCUT2D eigenvalue weighted by Crippen LogP contribution is 2.14. The smallest absolute Gasteiger partial charge is 0.269 e. The Morgan fingerprint density at radius 3 is 2.23 bits per heavy atom. The standard InChI is InChI=1S/C18H20N4O4/c23-17(10-11-21-18(24)14-4-2-1-3-5-14)20-13-12-19-15-6-8-16(9-7-15)22(25)26/h1-9,19H,10-13H2,(H,20,23)(H,21,24). The zero-order valence-electron chi connectivity index (χ0n) is 14.1. The van der Waals surface area contributed by atoms with Crippen LogP contribution in [0.2, 0.25) is 0 Å². The molecule has 0 fully saturated rings. The van der Waals surface area contributed by atoms with E-state index in [2.05, 4.69) is 16.0 Å². The maximum absolute atomic E-state index is 11.8. The average molecular weight is 356 g/mol. The Hall–Kier alpha value is -3.42. The van der Waals surface area contributed by atoms with Gasteiger partial charge in [0.1, 0.15) is 0 Å². The highest BCUT2D eigenvalue weighted by Gasteiger charge is 2.06. The van der Waals surface area contributed by atoms with Gasteiger partial charge in [-0.15, -0.1) is 0 Å². The lowest BCUT2D eigenvalue weighted by molar-refractivity contribution is -0.384. The van der Waals surface area contributed by atoms with E-state index in [-0.39, 0.29) is 30.5 Å². The van der Waals surface area contributed by atoms with Gasteiger partial charge < -0.3 is 16.0 Å². The summed E-state index contributed by atoms with van der Waals surface area (Å²) in [6, 6.07) is 14.8. The summed E-state index contributed by atoms with van der Waals surface area (Å²) in [7, 11) is 0. The summed E-state index contributed by atoms with van der Waals surface area (Å²) >= 11 is 0. The van der Waals surface area contributed by atoms with Crippen LogP contribution in [-0.2, 0) is 4.79 Å². The van der Waals surface area contributed by atoms with Crippen molar-refractivity contribution in [1.29, 1.82) is 0 Å². The first-order chi connectivity index (χ1) is 12.6. The van der Waals surface area contributed by atoms with E-state index in [1.54, 1.807) is 36.4 Å². The van der Waals surface area contributed by atoms with Crippen LogP contribution in [-0.4, -0.2) is 36.4 Å². The quantitative estimate of drug-likeness (QED) is 0.361. The third-order valence-corrected chi connectivity index (χ3v) is 3.53. The minimum atomic E-state index is -0.458. The minimum Gasteiger partial charge on any atom is -0.383 e. The Morgan fingerprint density at radius 1 is 0.885 bits per heavy atom. The van der Waals surface area contributed by atoms with Crippen LogP contribution in [0.5, 0.6) is 0 Å². The molecule has 0 radical (unpaired) electrons. The second kappa shape index (κ2) is 9.77. The second-order valence-electron chi connectivity index (χ2n) is 5.45. The number of nitro groups is 1. The number of nitrogens with zero attached hydrogens (tertiary/aromatic N) is 1. The highest BCUT2D eigenvalue weighted by molar-refractivity contribution is 5.94. The zero-order valence-corrected chi connectivity index (χ0v) is 14.1. The molecule has 2 rings (SSSR count). The van der Waals surface area contributed by atoms with Crippen LogP contribution < -0.4 is 16.0 Å². The number of hydrogen-bond acceptors (Lipinski definition) is 5. The number of nitro benzene ring substituents is 1. The van der Waals surface area contributed by atoms with E-state index in [0.717, 1.165) is 5.69 Å². The van der Waals surface area contributed by atoms with E-state index in [9.17, 15) is 19.7 Å². The van der Waals surface area contributed by atoms with Gasteiger partial charge >= 0.3 is 0 Å². The van der Waals surface area contributed by atoms with Gasteiger partial charge in [0, 0.05) is 49.4 Å². The number of carbonyl (C=O) groups is 2. The fraction of sp³-hybridized carbons (Fsp3) is 0.222. The maximum Gasteiger partial charge on any atom is 0.269 e. The van der Waals surface area contributed by atoms with E-state index in [0.29, 0.717) is 18.7 Å². The minimum absolute atomic E-state index is 0.0291.